The molecule has 0 atom stereocenters. The van der Waals surface area contributed by atoms with Crippen molar-refractivity contribution in [1.82, 2.24) is 14.8 Å². The Morgan fingerprint density at radius 1 is 1.29 bits per heavy atom. The molecule has 2 aromatic heterocycles. The van der Waals surface area contributed by atoms with Crippen molar-refractivity contribution in [1.29, 1.82) is 5.26 Å². The number of nitriles is 1. The number of hydrogen-bond acceptors (Lipinski definition) is 7. The topological polar surface area (TPSA) is 127 Å². The number of nitro benzene ring substituents is 1. The van der Waals surface area contributed by atoms with E-state index in [1.165, 1.54) is 29.5 Å². The molecular weight excluding hydrogens is 416 g/mol. The molecule has 158 valence electrons. The molecule has 1 N–H and O–H groups in total. The quantitative estimate of drug-likeness (QED) is 0.173. The van der Waals surface area contributed by atoms with Gasteiger partial charge in [-0.05, 0) is 36.8 Å². The smallest absolute Gasteiger partial charge is 0.269 e. The number of nitrogens with zero attached hydrogens (tertiary/aromatic N) is 5. The fraction of sp³-hybridized carbons (Fsp3) is 0.238. The predicted molar refractivity (Wildman–Crippen MR) is 118 cm³/mol. The van der Waals surface area contributed by atoms with E-state index in [0.29, 0.717) is 16.5 Å². The van der Waals surface area contributed by atoms with Crippen molar-refractivity contribution in [3.63, 3.8) is 0 Å². The lowest BCUT2D eigenvalue weighted by Gasteiger charge is -2.07. The van der Waals surface area contributed by atoms with E-state index >= 15 is 0 Å². The fourth-order valence-corrected chi connectivity index (χ4v) is 3.65. The highest BCUT2D eigenvalue weighted by molar-refractivity contribution is 7.15. The van der Waals surface area contributed by atoms with Crippen molar-refractivity contribution in [2.45, 2.75) is 32.6 Å². The molecule has 31 heavy (non-hydrogen) atoms. The molecule has 1 aromatic carbocycles. The summed E-state index contributed by atoms with van der Waals surface area (Å²) in [6.45, 7) is 2.12. The van der Waals surface area contributed by atoms with Gasteiger partial charge in [0.1, 0.15) is 16.6 Å². The Bertz CT molecular complexity index is 1140. The maximum atomic E-state index is 12.6. The number of rotatable bonds is 9. The highest BCUT2D eigenvalue weighted by Gasteiger charge is 2.14. The van der Waals surface area contributed by atoms with Gasteiger partial charge in [0.15, 0.2) is 0 Å². The van der Waals surface area contributed by atoms with Crippen molar-refractivity contribution in [2.24, 2.45) is 0 Å². The average Bonchev–Trinajstić information content (AvgIpc) is 3.41. The first-order chi connectivity index (χ1) is 15.0. The summed E-state index contributed by atoms with van der Waals surface area (Å²) in [4.78, 5) is 22.9. The second-order valence-electron chi connectivity index (χ2n) is 6.66. The molecule has 0 saturated heterocycles. The molecule has 9 nitrogen and oxygen atoms in total. The minimum Gasteiger partial charge on any atom is -0.317 e. The summed E-state index contributed by atoms with van der Waals surface area (Å²) in [6, 6.07) is 11.4. The Labute approximate surface area is 182 Å². The predicted octanol–water partition coefficient (Wildman–Crippen LogP) is 4.52. The number of carbonyl (C=O) groups excluding carboxylic acids is 1. The lowest BCUT2D eigenvalue weighted by atomic mass is 10.2. The van der Waals surface area contributed by atoms with Crippen LogP contribution in [0.5, 0.6) is 0 Å². The van der Waals surface area contributed by atoms with E-state index in [0.717, 1.165) is 30.7 Å². The van der Waals surface area contributed by atoms with E-state index in [-0.39, 0.29) is 11.3 Å². The third-order valence-corrected chi connectivity index (χ3v) is 5.36. The van der Waals surface area contributed by atoms with Crippen LogP contribution in [0, 0.1) is 21.4 Å². The number of non-ortho nitro benzene ring substituents is 1. The highest BCUT2D eigenvalue weighted by atomic mass is 32.1. The first-order valence-corrected chi connectivity index (χ1v) is 10.5. The summed E-state index contributed by atoms with van der Waals surface area (Å²) in [5.74, 6) is -0.574. The Kier molecular flexibility index (Phi) is 7.24. The summed E-state index contributed by atoms with van der Waals surface area (Å²) >= 11 is 1.30. The van der Waals surface area contributed by atoms with Crippen LogP contribution in [-0.4, -0.2) is 25.6 Å². The summed E-state index contributed by atoms with van der Waals surface area (Å²) in [5.41, 5.74) is 1.14. The van der Waals surface area contributed by atoms with Gasteiger partial charge in [-0.25, -0.2) is 0 Å². The Morgan fingerprint density at radius 3 is 2.74 bits per heavy atom. The van der Waals surface area contributed by atoms with Crippen molar-refractivity contribution >= 4 is 34.1 Å². The SMILES string of the molecule is CCCCCc1nnc(NC(=O)/C(C#N)=C\c2cccn2-c2ccc([N+](=O)[O-])cc2)s1. The molecule has 0 radical (unpaired) electrons. The zero-order valence-corrected chi connectivity index (χ0v) is 17.6. The number of hydrogen-bond donors (Lipinski definition) is 1. The lowest BCUT2D eigenvalue weighted by Crippen LogP contribution is -2.13. The van der Waals surface area contributed by atoms with Gasteiger partial charge in [-0.15, -0.1) is 10.2 Å². The first-order valence-electron chi connectivity index (χ1n) is 9.69. The van der Waals surface area contributed by atoms with Crippen LogP contribution >= 0.6 is 11.3 Å². The van der Waals surface area contributed by atoms with Crippen LogP contribution in [0.3, 0.4) is 0 Å². The summed E-state index contributed by atoms with van der Waals surface area (Å²) < 4.78 is 1.73. The summed E-state index contributed by atoms with van der Waals surface area (Å²) in [7, 11) is 0. The Morgan fingerprint density at radius 2 is 2.06 bits per heavy atom. The molecule has 3 aromatic rings. The zero-order valence-electron chi connectivity index (χ0n) is 16.8. The van der Waals surface area contributed by atoms with Gasteiger partial charge in [0.25, 0.3) is 11.6 Å². The molecule has 0 aliphatic carbocycles. The monoisotopic (exact) mass is 436 g/mol. The minimum atomic E-state index is -0.574. The first kappa shape index (κ1) is 21.9. The second kappa shape index (κ2) is 10.3. The third-order valence-electron chi connectivity index (χ3n) is 4.46. The Balaban J connectivity index is 1.75. The van der Waals surface area contributed by atoms with Gasteiger partial charge in [0.2, 0.25) is 5.13 Å². The third kappa shape index (κ3) is 5.61. The van der Waals surface area contributed by atoms with Crippen LogP contribution in [-0.2, 0) is 11.2 Å². The lowest BCUT2D eigenvalue weighted by molar-refractivity contribution is -0.384. The summed E-state index contributed by atoms with van der Waals surface area (Å²) in [6.07, 6.45) is 7.25. The number of nitro groups is 1. The van der Waals surface area contributed by atoms with Gasteiger partial charge in [-0.2, -0.15) is 5.26 Å². The molecule has 10 heteroatoms. The number of unbranched alkanes of at least 4 members (excludes halogenated alkanes) is 2. The van der Waals surface area contributed by atoms with E-state index in [4.69, 9.17) is 0 Å². The number of aryl methyl sites for hydroxylation is 1. The van der Waals surface area contributed by atoms with Crippen LogP contribution < -0.4 is 5.32 Å². The maximum absolute atomic E-state index is 12.6. The fourth-order valence-electron chi connectivity index (χ4n) is 2.87. The van der Waals surface area contributed by atoms with E-state index in [9.17, 15) is 20.2 Å². The van der Waals surface area contributed by atoms with Crippen molar-refractivity contribution in [3.8, 4) is 11.8 Å². The number of amides is 1. The molecule has 1 amide bonds. The molecule has 0 fully saturated rings. The molecule has 0 aliphatic heterocycles. The molecule has 0 bridgehead atoms. The number of nitrogens with one attached hydrogen (secondary N) is 1. The van der Waals surface area contributed by atoms with Crippen molar-refractivity contribution in [3.05, 3.63) is 69.0 Å². The normalized spacial score (nSPS) is 11.2. The molecule has 3 rings (SSSR count). The van der Waals surface area contributed by atoms with Crippen LogP contribution in [0.15, 0.2) is 48.2 Å². The molecular formula is C21H20N6O3S. The highest BCUT2D eigenvalue weighted by Crippen LogP contribution is 2.21. The van der Waals surface area contributed by atoms with E-state index in [1.807, 2.05) is 6.07 Å². The number of aromatic nitrogens is 3. The average molecular weight is 436 g/mol. The van der Waals surface area contributed by atoms with Gasteiger partial charge in [-0.3, -0.25) is 20.2 Å². The van der Waals surface area contributed by atoms with Crippen LogP contribution in [0.4, 0.5) is 10.8 Å². The van der Waals surface area contributed by atoms with E-state index < -0.39 is 10.8 Å². The number of anilines is 1. The van der Waals surface area contributed by atoms with Crippen LogP contribution in [0.1, 0.15) is 36.9 Å². The van der Waals surface area contributed by atoms with Crippen LogP contribution in [0.25, 0.3) is 11.8 Å². The van der Waals surface area contributed by atoms with Gasteiger partial charge in [-0.1, -0.05) is 31.1 Å². The van der Waals surface area contributed by atoms with E-state index in [2.05, 4.69) is 22.4 Å². The molecule has 0 unspecified atom stereocenters. The molecule has 2 heterocycles. The summed E-state index contributed by atoms with van der Waals surface area (Å²) in [5, 5.41) is 32.2. The number of benzene rings is 1. The number of carbonyl (C=O) groups is 1. The largest absolute Gasteiger partial charge is 0.317 e. The van der Waals surface area contributed by atoms with Gasteiger partial charge in [0.05, 0.1) is 4.92 Å². The minimum absolute atomic E-state index is 0.0174. The molecule has 0 saturated carbocycles. The molecule has 0 aliphatic rings. The standard InChI is InChI=1S/C21H20N6O3S/c1-2-3-4-7-19-24-25-21(31-19)23-20(28)15(14-22)13-18-6-5-12-26(18)16-8-10-17(11-9-16)27(29)30/h5-6,8-13H,2-4,7H2,1H3,(H,23,25,28)/b15-13-. The zero-order chi connectivity index (χ0) is 22.2. The van der Waals surface area contributed by atoms with Crippen molar-refractivity contribution in [2.75, 3.05) is 5.32 Å². The molecule has 0 spiro atoms. The van der Waals surface area contributed by atoms with Gasteiger partial charge >= 0.3 is 0 Å². The Hall–Kier alpha value is -3.84. The van der Waals surface area contributed by atoms with Crippen molar-refractivity contribution < 1.29 is 9.72 Å². The second-order valence-corrected chi connectivity index (χ2v) is 7.72. The maximum Gasteiger partial charge on any atom is 0.269 e. The van der Waals surface area contributed by atoms with E-state index in [1.54, 1.807) is 35.0 Å². The van der Waals surface area contributed by atoms with Crippen LogP contribution in [0.2, 0.25) is 0 Å². The van der Waals surface area contributed by atoms with Gasteiger partial charge in [0, 0.05) is 36.1 Å². The van der Waals surface area contributed by atoms with Gasteiger partial charge < -0.3 is 4.57 Å².